The fourth-order valence-corrected chi connectivity index (χ4v) is 3.12. The number of aromatic hydroxyl groups is 2. The second-order valence-corrected chi connectivity index (χ2v) is 5.84. The second kappa shape index (κ2) is 7.14. The summed E-state index contributed by atoms with van der Waals surface area (Å²) >= 11 is 0. The van der Waals surface area contributed by atoms with Crippen LogP contribution in [0.15, 0.2) is 18.2 Å². The van der Waals surface area contributed by atoms with Crippen molar-refractivity contribution in [3.05, 3.63) is 29.3 Å². The third-order valence-electron chi connectivity index (χ3n) is 4.38. The Hall–Kier alpha value is -3.29. The first-order chi connectivity index (χ1) is 12.9. The van der Waals surface area contributed by atoms with Gasteiger partial charge < -0.3 is 33.9 Å². The highest BCUT2D eigenvalue weighted by Gasteiger charge is 2.34. The Balaban J connectivity index is 2.06. The topological polar surface area (TPSA) is 104 Å². The van der Waals surface area contributed by atoms with E-state index in [2.05, 4.69) is 0 Å². The molecule has 1 atom stereocenters. The number of ketones is 1. The minimum absolute atomic E-state index is 0.0357. The number of phenols is 2. The molecule has 0 aromatic heterocycles. The minimum atomic E-state index is -0.687. The van der Waals surface area contributed by atoms with Crippen LogP contribution in [0, 0.1) is 0 Å². The molecular formula is C19H20O8. The van der Waals surface area contributed by atoms with Crippen molar-refractivity contribution in [1.29, 1.82) is 0 Å². The number of carbonyl (C=O) groups excluding carboxylic acids is 1. The van der Waals surface area contributed by atoms with Crippen molar-refractivity contribution < 1.29 is 38.7 Å². The van der Waals surface area contributed by atoms with Crippen molar-refractivity contribution in [3.63, 3.8) is 0 Å². The average Bonchev–Trinajstić information content (AvgIpc) is 2.66. The molecule has 144 valence electrons. The van der Waals surface area contributed by atoms with Crippen LogP contribution < -0.4 is 23.7 Å². The fraction of sp³-hybridized carbons (Fsp3) is 0.316. The van der Waals surface area contributed by atoms with Crippen LogP contribution in [-0.4, -0.2) is 44.4 Å². The molecular weight excluding hydrogens is 356 g/mol. The molecule has 27 heavy (non-hydrogen) atoms. The van der Waals surface area contributed by atoms with Crippen molar-refractivity contribution >= 4 is 5.78 Å². The van der Waals surface area contributed by atoms with E-state index >= 15 is 0 Å². The smallest absolute Gasteiger partial charge is 0.204 e. The number of methoxy groups -OCH3 is 4. The van der Waals surface area contributed by atoms with E-state index in [1.165, 1.54) is 40.6 Å². The van der Waals surface area contributed by atoms with Gasteiger partial charge in [-0.1, -0.05) is 0 Å². The molecule has 0 saturated heterocycles. The van der Waals surface area contributed by atoms with Crippen molar-refractivity contribution in [2.24, 2.45) is 0 Å². The monoisotopic (exact) mass is 376 g/mol. The first-order valence-corrected chi connectivity index (χ1v) is 8.07. The standard InChI is InChI=1S/C19H20O8/c1-23-14-6-9(5-11(21)18(14)25-3)12-7-10(20)16-13(27-12)8-15(24-2)19(26-4)17(16)22/h5-6,8,12,21-22H,7H2,1-4H3. The van der Waals surface area contributed by atoms with Crippen molar-refractivity contribution in [1.82, 2.24) is 0 Å². The number of hydrogen-bond acceptors (Lipinski definition) is 8. The summed E-state index contributed by atoms with van der Waals surface area (Å²) < 4.78 is 26.6. The summed E-state index contributed by atoms with van der Waals surface area (Å²) in [4.78, 5) is 12.7. The zero-order valence-corrected chi connectivity index (χ0v) is 15.4. The Morgan fingerprint density at radius 2 is 1.56 bits per heavy atom. The van der Waals surface area contributed by atoms with E-state index in [0.717, 1.165) is 0 Å². The average molecular weight is 376 g/mol. The van der Waals surface area contributed by atoms with E-state index in [1.54, 1.807) is 6.07 Å². The molecule has 1 unspecified atom stereocenters. The van der Waals surface area contributed by atoms with Gasteiger partial charge in [0.15, 0.2) is 28.8 Å². The first-order valence-electron chi connectivity index (χ1n) is 8.07. The van der Waals surface area contributed by atoms with Crippen molar-refractivity contribution in [2.75, 3.05) is 28.4 Å². The van der Waals surface area contributed by atoms with Gasteiger partial charge in [-0.3, -0.25) is 4.79 Å². The van der Waals surface area contributed by atoms with E-state index in [-0.39, 0.29) is 52.3 Å². The summed E-state index contributed by atoms with van der Waals surface area (Å²) in [5, 5.41) is 20.6. The van der Waals surface area contributed by atoms with Gasteiger partial charge in [-0.25, -0.2) is 0 Å². The normalized spacial score (nSPS) is 15.6. The third-order valence-corrected chi connectivity index (χ3v) is 4.38. The van der Waals surface area contributed by atoms with Crippen LogP contribution in [0.3, 0.4) is 0 Å². The van der Waals surface area contributed by atoms with E-state index in [1.807, 2.05) is 0 Å². The molecule has 1 heterocycles. The maximum absolute atomic E-state index is 12.7. The van der Waals surface area contributed by atoms with E-state index in [0.29, 0.717) is 11.3 Å². The summed E-state index contributed by atoms with van der Waals surface area (Å²) in [5.74, 6) is 0.175. The molecule has 3 rings (SSSR count). The number of rotatable bonds is 5. The Morgan fingerprint density at radius 3 is 2.15 bits per heavy atom. The van der Waals surface area contributed by atoms with E-state index in [4.69, 9.17) is 23.7 Å². The number of Topliss-reactive ketones (excluding diaryl/α,β-unsaturated/α-hetero) is 1. The number of fused-ring (bicyclic) bond motifs is 1. The van der Waals surface area contributed by atoms with Crippen molar-refractivity contribution in [2.45, 2.75) is 12.5 Å². The number of ether oxygens (including phenoxy) is 5. The Kier molecular flexibility index (Phi) is 4.89. The summed E-state index contributed by atoms with van der Waals surface area (Å²) in [7, 11) is 5.64. The summed E-state index contributed by atoms with van der Waals surface area (Å²) in [6.07, 6.45) is -0.724. The molecule has 0 fully saturated rings. The largest absolute Gasteiger partial charge is 0.504 e. The van der Waals surface area contributed by atoms with Gasteiger partial charge in [-0.15, -0.1) is 0 Å². The molecule has 8 nitrogen and oxygen atoms in total. The summed E-state index contributed by atoms with van der Waals surface area (Å²) in [5.41, 5.74) is 0.562. The van der Waals surface area contributed by atoms with Gasteiger partial charge >= 0.3 is 0 Å². The molecule has 8 heteroatoms. The number of benzene rings is 2. The van der Waals surface area contributed by atoms with Gasteiger partial charge in [0.25, 0.3) is 0 Å². The zero-order valence-electron chi connectivity index (χ0n) is 15.4. The van der Waals surface area contributed by atoms with Crippen molar-refractivity contribution in [3.8, 4) is 40.2 Å². The van der Waals surface area contributed by atoms with E-state index < -0.39 is 6.10 Å². The SMILES string of the molecule is COc1cc(C2CC(=O)c3c(cc(OC)c(OC)c3O)O2)cc(O)c1OC. The first kappa shape index (κ1) is 18.5. The predicted octanol–water partition coefficient (Wildman–Crippen LogP) is 2.84. The number of hydrogen-bond donors (Lipinski definition) is 2. The van der Waals surface area contributed by atoms with Crippen LogP contribution in [0.5, 0.6) is 40.2 Å². The highest BCUT2D eigenvalue weighted by molar-refractivity contribution is 6.03. The van der Waals surface area contributed by atoms with Gasteiger partial charge in [0.2, 0.25) is 11.5 Å². The van der Waals surface area contributed by atoms with Gasteiger partial charge in [0.05, 0.1) is 34.9 Å². The molecule has 2 aromatic carbocycles. The summed E-state index contributed by atoms with van der Waals surface area (Å²) in [6, 6.07) is 4.56. The molecule has 0 radical (unpaired) electrons. The number of carbonyl (C=O) groups is 1. The highest BCUT2D eigenvalue weighted by atomic mass is 16.5. The van der Waals surface area contributed by atoms with E-state index in [9.17, 15) is 15.0 Å². The lowest BCUT2D eigenvalue weighted by molar-refractivity contribution is 0.0842. The lowest BCUT2D eigenvalue weighted by Crippen LogP contribution is -2.21. The molecule has 1 aliphatic rings. The van der Waals surface area contributed by atoms with Gasteiger partial charge in [0, 0.05) is 11.6 Å². The zero-order chi connectivity index (χ0) is 19.7. The minimum Gasteiger partial charge on any atom is -0.504 e. The lowest BCUT2D eigenvalue weighted by atomic mass is 9.94. The Bertz CT molecular complexity index is 890. The maximum Gasteiger partial charge on any atom is 0.204 e. The highest BCUT2D eigenvalue weighted by Crippen LogP contribution is 2.49. The van der Waals surface area contributed by atoms with Crippen LogP contribution in [0.1, 0.15) is 28.4 Å². The quantitative estimate of drug-likeness (QED) is 0.821. The molecule has 0 amide bonds. The Labute approximate surface area is 155 Å². The molecule has 0 bridgehead atoms. The lowest BCUT2D eigenvalue weighted by Gasteiger charge is -2.27. The molecule has 2 N–H and O–H groups in total. The maximum atomic E-state index is 12.7. The van der Waals surface area contributed by atoms with Crippen LogP contribution in [0.4, 0.5) is 0 Å². The Morgan fingerprint density at radius 1 is 0.926 bits per heavy atom. The summed E-state index contributed by atoms with van der Waals surface area (Å²) in [6.45, 7) is 0. The predicted molar refractivity (Wildman–Crippen MR) is 94.7 cm³/mol. The van der Waals surface area contributed by atoms with Gasteiger partial charge in [-0.05, 0) is 12.1 Å². The van der Waals surface area contributed by atoms with Crippen LogP contribution >= 0.6 is 0 Å². The third kappa shape index (κ3) is 3.03. The number of phenolic OH excluding ortho intramolecular Hbond substituents is 2. The molecule has 1 aliphatic heterocycles. The second-order valence-electron chi connectivity index (χ2n) is 5.84. The fourth-order valence-electron chi connectivity index (χ4n) is 3.12. The van der Waals surface area contributed by atoms with Crippen LogP contribution in [-0.2, 0) is 0 Å². The van der Waals surface area contributed by atoms with Gasteiger partial charge in [-0.2, -0.15) is 0 Å². The molecule has 0 aliphatic carbocycles. The van der Waals surface area contributed by atoms with Crippen LogP contribution in [0.2, 0.25) is 0 Å². The molecule has 0 spiro atoms. The van der Waals surface area contributed by atoms with Crippen LogP contribution in [0.25, 0.3) is 0 Å². The van der Waals surface area contributed by atoms with Gasteiger partial charge in [0.1, 0.15) is 17.4 Å². The molecule has 0 saturated carbocycles. The molecule has 2 aromatic rings.